The minimum absolute atomic E-state index is 0.215. The first-order valence-corrected chi connectivity index (χ1v) is 11.2. The Bertz CT molecular complexity index is 633. The van der Waals surface area contributed by atoms with Crippen LogP contribution in [-0.2, 0) is 0 Å². The van der Waals surface area contributed by atoms with Gasteiger partial charge in [0.15, 0.2) is 5.11 Å². The zero-order chi connectivity index (χ0) is 19.6. The number of ether oxygens (including phenoxy) is 1. The average Bonchev–Trinajstić information content (AvgIpc) is 2.68. The summed E-state index contributed by atoms with van der Waals surface area (Å²) in [4.78, 5) is 14.9. The highest BCUT2D eigenvalue weighted by atomic mass is 79.9. The summed E-state index contributed by atoms with van der Waals surface area (Å²) in [6.45, 7) is 2.81. The monoisotopic (exact) mass is 454 g/mol. The van der Waals surface area contributed by atoms with Gasteiger partial charge in [0.05, 0.1) is 12.2 Å². The molecule has 0 atom stereocenters. The number of rotatable bonds is 8. The van der Waals surface area contributed by atoms with Crippen LogP contribution in [0.4, 0.5) is 0 Å². The number of nitrogens with one attached hydrogen (secondary N) is 1. The largest absolute Gasteiger partial charge is 0.493 e. The first-order valence-electron chi connectivity index (χ1n) is 10.0. The third-order valence-corrected chi connectivity index (χ3v) is 5.99. The lowest BCUT2D eigenvalue weighted by Gasteiger charge is -2.33. The lowest BCUT2D eigenvalue weighted by atomic mass is 9.95. The van der Waals surface area contributed by atoms with Crippen LogP contribution in [0.1, 0.15) is 75.1 Å². The first kappa shape index (κ1) is 22.2. The molecule has 2 rings (SSSR count). The van der Waals surface area contributed by atoms with Gasteiger partial charge in [0.25, 0.3) is 5.91 Å². The molecule has 0 spiro atoms. The Morgan fingerprint density at radius 2 is 2.00 bits per heavy atom. The smallest absolute Gasteiger partial charge is 0.261 e. The minimum atomic E-state index is -0.215. The molecule has 1 fully saturated rings. The summed E-state index contributed by atoms with van der Waals surface area (Å²) >= 11 is 8.93. The fourth-order valence-corrected chi connectivity index (χ4v) is 4.01. The summed E-state index contributed by atoms with van der Waals surface area (Å²) in [5, 5.41) is 3.38. The fourth-order valence-electron chi connectivity index (χ4n) is 3.40. The van der Waals surface area contributed by atoms with Gasteiger partial charge in [-0.3, -0.25) is 10.1 Å². The Kier molecular flexibility index (Phi) is 9.56. The standard InChI is InChI=1S/C21H31BrN2O2S/c1-3-4-5-9-14-26-19-13-12-16(22)15-18(19)20(25)23-21(27)24(2)17-10-7-6-8-11-17/h12-13,15,17H,3-11,14H2,1-2H3,(H,23,25,27). The molecule has 27 heavy (non-hydrogen) atoms. The molecule has 1 N–H and O–H groups in total. The van der Waals surface area contributed by atoms with Crippen molar-refractivity contribution in [1.29, 1.82) is 0 Å². The summed E-state index contributed by atoms with van der Waals surface area (Å²) in [7, 11) is 1.98. The zero-order valence-electron chi connectivity index (χ0n) is 16.4. The predicted molar refractivity (Wildman–Crippen MR) is 118 cm³/mol. The Morgan fingerprint density at radius 1 is 1.26 bits per heavy atom. The zero-order valence-corrected chi connectivity index (χ0v) is 18.8. The van der Waals surface area contributed by atoms with Crippen LogP contribution in [0.5, 0.6) is 5.75 Å². The molecular weight excluding hydrogens is 424 g/mol. The van der Waals surface area contributed by atoms with E-state index in [4.69, 9.17) is 17.0 Å². The lowest BCUT2D eigenvalue weighted by molar-refractivity contribution is 0.0967. The molecule has 0 saturated heterocycles. The molecule has 1 aliphatic carbocycles. The highest BCUT2D eigenvalue weighted by molar-refractivity contribution is 9.10. The van der Waals surface area contributed by atoms with Gasteiger partial charge in [-0.15, -0.1) is 0 Å². The van der Waals surface area contributed by atoms with Crippen LogP contribution in [0.15, 0.2) is 22.7 Å². The molecule has 0 radical (unpaired) electrons. The number of hydrogen-bond donors (Lipinski definition) is 1. The van der Waals surface area contributed by atoms with E-state index in [1.165, 1.54) is 32.1 Å². The maximum absolute atomic E-state index is 12.8. The number of benzene rings is 1. The average molecular weight is 455 g/mol. The van der Waals surface area contributed by atoms with E-state index in [1.54, 1.807) is 6.07 Å². The topological polar surface area (TPSA) is 41.6 Å². The number of hydrogen-bond acceptors (Lipinski definition) is 3. The summed E-state index contributed by atoms with van der Waals surface area (Å²) in [6.07, 6.45) is 10.6. The maximum atomic E-state index is 12.8. The number of amides is 1. The summed E-state index contributed by atoms with van der Waals surface area (Å²) in [5.41, 5.74) is 0.513. The van der Waals surface area contributed by atoms with Crippen molar-refractivity contribution in [2.24, 2.45) is 0 Å². The molecule has 0 bridgehead atoms. The van der Waals surface area contributed by atoms with Crippen LogP contribution in [0.25, 0.3) is 0 Å². The number of thiocarbonyl (C=S) groups is 1. The van der Waals surface area contributed by atoms with Crippen molar-refractivity contribution in [2.45, 2.75) is 70.8 Å². The number of nitrogens with zero attached hydrogens (tertiary/aromatic N) is 1. The molecule has 1 aromatic rings. The molecule has 6 heteroatoms. The van der Waals surface area contributed by atoms with Crippen LogP contribution in [-0.4, -0.2) is 35.6 Å². The Morgan fingerprint density at radius 3 is 2.70 bits per heavy atom. The van der Waals surface area contributed by atoms with E-state index in [1.807, 2.05) is 24.1 Å². The van der Waals surface area contributed by atoms with Crippen molar-refractivity contribution in [1.82, 2.24) is 10.2 Å². The van der Waals surface area contributed by atoms with Crippen molar-refractivity contribution in [2.75, 3.05) is 13.7 Å². The highest BCUT2D eigenvalue weighted by Crippen LogP contribution is 2.25. The molecule has 0 aliphatic heterocycles. The van der Waals surface area contributed by atoms with Gasteiger partial charge in [-0.05, 0) is 49.7 Å². The van der Waals surface area contributed by atoms with E-state index in [0.717, 1.165) is 30.2 Å². The molecule has 150 valence electrons. The van der Waals surface area contributed by atoms with Crippen molar-refractivity contribution in [3.05, 3.63) is 28.2 Å². The molecule has 1 amide bonds. The summed E-state index contributed by atoms with van der Waals surface area (Å²) in [5.74, 6) is 0.392. The van der Waals surface area contributed by atoms with Gasteiger partial charge < -0.3 is 9.64 Å². The van der Waals surface area contributed by atoms with Gasteiger partial charge in [-0.2, -0.15) is 0 Å². The van der Waals surface area contributed by atoms with Crippen LogP contribution in [0.3, 0.4) is 0 Å². The van der Waals surface area contributed by atoms with E-state index in [2.05, 4.69) is 28.2 Å². The van der Waals surface area contributed by atoms with Gasteiger partial charge >= 0.3 is 0 Å². The van der Waals surface area contributed by atoms with Gasteiger partial charge in [-0.1, -0.05) is 61.4 Å². The molecule has 1 saturated carbocycles. The molecule has 1 aliphatic rings. The van der Waals surface area contributed by atoms with Crippen LogP contribution in [0, 0.1) is 0 Å². The SMILES string of the molecule is CCCCCCOc1ccc(Br)cc1C(=O)NC(=S)N(C)C1CCCCC1. The van der Waals surface area contributed by atoms with E-state index < -0.39 is 0 Å². The molecule has 0 unspecified atom stereocenters. The summed E-state index contributed by atoms with van der Waals surface area (Å²) in [6, 6.07) is 5.94. The van der Waals surface area contributed by atoms with Crippen molar-refractivity contribution >= 4 is 39.2 Å². The quantitative estimate of drug-likeness (QED) is 0.404. The maximum Gasteiger partial charge on any atom is 0.261 e. The third kappa shape index (κ3) is 7.07. The van der Waals surface area contributed by atoms with Crippen LogP contribution >= 0.6 is 28.1 Å². The number of carbonyl (C=O) groups is 1. The van der Waals surface area contributed by atoms with Crippen LogP contribution in [0.2, 0.25) is 0 Å². The van der Waals surface area contributed by atoms with Gasteiger partial charge in [0.2, 0.25) is 0 Å². The normalized spacial score (nSPS) is 14.6. The van der Waals surface area contributed by atoms with E-state index in [9.17, 15) is 4.79 Å². The second-order valence-electron chi connectivity index (χ2n) is 7.21. The molecule has 4 nitrogen and oxygen atoms in total. The van der Waals surface area contributed by atoms with Gasteiger partial charge in [0, 0.05) is 17.6 Å². The van der Waals surface area contributed by atoms with Crippen molar-refractivity contribution in [3.8, 4) is 5.75 Å². The predicted octanol–water partition coefficient (Wildman–Crippen LogP) is 5.69. The van der Waals surface area contributed by atoms with Crippen molar-refractivity contribution < 1.29 is 9.53 Å². The van der Waals surface area contributed by atoms with Gasteiger partial charge in [0.1, 0.15) is 5.75 Å². The van der Waals surface area contributed by atoms with E-state index >= 15 is 0 Å². The number of unbranched alkanes of at least 4 members (excludes halogenated alkanes) is 3. The second kappa shape index (κ2) is 11.6. The summed E-state index contributed by atoms with van der Waals surface area (Å²) < 4.78 is 6.72. The molecule has 0 aromatic heterocycles. The lowest BCUT2D eigenvalue weighted by Crippen LogP contribution is -2.46. The Hall–Kier alpha value is -1.14. The van der Waals surface area contributed by atoms with E-state index in [0.29, 0.717) is 29.1 Å². The Balaban J connectivity index is 1.97. The molecule has 1 aromatic carbocycles. The van der Waals surface area contributed by atoms with Crippen LogP contribution < -0.4 is 10.1 Å². The number of halogens is 1. The molecular formula is C21H31BrN2O2S. The highest BCUT2D eigenvalue weighted by Gasteiger charge is 2.22. The number of carbonyl (C=O) groups excluding carboxylic acids is 1. The van der Waals surface area contributed by atoms with Crippen molar-refractivity contribution in [3.63, 3.8) is 0 Å². The third-order valence-electron chi connectivity index (χ3n) is 5.10. The molecule has 0 heterocycles. The Labute approximate surface area is 177 Å². The fraction of sp³-hybridized carbons (Fsp3) is 0.619. The first-order chi connectivity index (χ1) is 13.0. The minimum Gasteiger partial charge on any atom is -0.493 e. The van der Waals surface area contributed by atoms with E-state index in [-0.39, 0.29) is 5.91 Å². The second-order valence-corrected chi connectivity index (χ2v) is 8.51. The van der Waals surface area contributed by atoms with Gasteiger partial charge in [-0.25, -0.2) is 0 Å².